The van der Waals surface area contributed by atoms with Gasteiger partial charge >= 0.3 is 0 Å². The maximum absolute atomic E-state index is 4.94. The highest BCUT2D eigenvalue weighted by molar-refractivity contribution is 5.98. The SMILES string of the molecule is c1ccc(-c2cc(-c3ccccc3)c(-c3ccc(-c4nc(-c5ccccc5)nc(-c5ccncc5)n4)cc3)c(-c3ccccc3)c2)cc1. The molecule has 0 saturated heterocycles. The van der Waals surface area contributed by atoms with Crippen LogP contribution >= 0.6 is 0 Å². The third kappa shape index (κ3) is 5.91. The van der Waals surface area contributed by atoms with Gasteiger partial charge in [-0.15, -0.1) is 0 Å². The maximum Gasteiger partial charge on any atom is 0.164 e. The van der Waals surface area contributed by atoms with Crippen molar-refractivity contribution in [1.82, 2.24) is 19.9 Å². The summed E-state index contributed by atoms with van der Waals surface area (Å²) in [6, 6.07) is 59.0. The van der Waals surface area contributed by atoms with Crippen molar-refractivity contribution in [2.24, 2.45) is 0 Å². The molecule has 0 amide bonds. The molecule has 0 fully saturated rings. The van der Waals surface area contributed by atoms with Crippen LogP contribution in [0.25, 0.3) is 78.7 Å². The zero-order chi connectivity index (χ0) is 32.1. The summed E-state index contributed by atoms with van der Waals surface area (Å²) in [5.41, 5.74) is 12.1. The second kappa shape index (κ2) is 13.1. The van der Waals surface area contributed by atoms with Crippen LogP contribution in [0, 0.1) is 0 Å². The molecule has 8 aromatic rings. The van der Waals surface area contributed by atoms with Gasteiger partial charge in [0.05, 0.1) is 0 Å². The van der Waals surface area contributed by atoms with E-state index >= 15 is 0 Å². The molecule has 0 bridgehead atoms. The smallest absolute Gasteiger partial charge is 0.164 e. The molecule has 0 atom stereocenters. The van der Waals surface area contributed by atoms with Crippen LogP contribution in [0.4, 0.5) is 0 Å². The van der Waals surface area contributed by atoms with Crippen LogP contribution in [0.15, 0.2) is 182 Å². The lowest BCUT2D eigenvalue weighted by atomic mass is 9.84. The van der Waals surface area contributed by atoms with Gasteiger partial charge in [-0.25, -0.2) is 15.0 Å². The Bertz CT molecular complexity index is 2170. The van der Waals surface area contributed by atoms with Gasteiger partial charge in [-0.3, -0.25) is 4.98 Å². The molecule has 0 spiro atoms. The van der Waals surface area contributed by atoms with Crippen molar-refractivity contribution < 1.29 is 0 Å². The minimum Gasteiger partial charge on any atom is -0.265 e. The van der Waals surface area contributed by atoms with Crippen LogP contribution in [-0.2, 0) is 0 Å². The van der Waals surface area contributed by atoms with Gasteiger partial charge in [0.25, 0.3) is 0 Å². The first-order valence-corrected chi connectivity index (χ1v) is 16.0. The Morgan fingerprint density at radius 1 is 0.271 bits per heavy atom. The average Bonchev–Trinajstić information content (AvgIpc) is 3.19. The first-order chi connectivity index (χ1) is 23.8. The quantitative estimate of drug-likeness (QED) is 0.179. The van der Waals surface area contributed by atoms with E-state index in [2.05, 4.69) is 132 Å². The van der Waals surface area contributed by atoms with E-state index < -0.39 is 0 Å². The molecule has 0 radical (unpaired) electrons. The fourth-order valence-corrected chi connectivity index (χ4v) is 6.08. The Hall–Kier alpha value is -6.52. The Balaban J connectivity index is 1.30. The fraction of sp³-hybridized carbons (Fsp3) is 0. The molecule has 0 N–H and O–H groups in total. The zero-order valence-corrected chi connectivity index (χ0v) is 26.1. The number of pyridine rings is 1. The van der Waals surface area contributed by atoms with E-state index in [-0.39, 0.29) is 0 Å². The monoisotopic (exact) mass is 614 g/mol. The molecule has 6 aromatic carbocycles. The summed E-state index contributed by atoms with van der Waals surface area (Å²) in [6.07, 6.45) is 3.51. The summed E-state index contributed by atoms with van der Waals surface area (Å²) < 4.78 is 0. The number of hydrogen-bond acceptors (Lipinski definition) is 4. The summed E-state index contributed by atoms with van der Waals surface area (Å²) in [4.78, 5) is 18.9. The summed E-state index contributed by atoms with van der Waals surface area (Å²) in [7, 11) is 0. The van der Waals surface area contributed by atoms with Crippen molar-refractivity contribution >= 4 is 0 Å². The highest BCUT2D eigenvalue weighted by Gasteiger charge is 2.18. The van der Waals surface area contributed by atoms with Gasteiger partial charge in [0.2, 0.25) is 0 Å². The molecule has 2 aromatic heterocycles. The first kappa shape index (κ1) is 28.9. The minimum atomic E-state index is 0.611. The first-order valence-electron chi connectivity index (χ1n) is 16.0. The second-order valence-electron chi connectivity index (χ2n) is 11.5. The molecule has 48 heavy (non-hydrogen) atoms. The van der Waals surface area contributed by atoms with Gasteiger partial charge in [0, 0.05) is 29.1 Å². The van der Waals surface area contributed by atoms with Gasteiger partial charge in [0.15, 0.2) is 17.5 Å². The van der Waals surface area contributed by atoms with Crippen molar-refractivity contribution in [3.8, 4) is 78.7 Å². The lowest BCUT2D eigenvalue weighted by Crippen LogP contribution is -2.00. The molecule has 0 aliphatic carbocycles. The Morgan fingerprint density at radius 3 is 1.08 bits per heavy atom. The average molecular weight is 615 g/mol. The molecule has 0 unspecified atom stereocenters. The highest BCUT2D eigenvalue weighted by atomic mass is 15.0. The van der Waals surface area contributed by atoms with E-state index in [9.17, 15) is 0 Å². The van der Waals surface area contributed by atoms with Crippen LogP contribution in [-0.4, -0.2) is 19.9 Å². The van der Waals surface area contributed by atoms with E-state index in [1.54, 1.807) is 12.4 Å². The highest BCUT2D eigenvalue weighted by Crippen LogP contribution is 2.43. The minimum absolute atomic E-state index is 0.611. The Morgan fingerprint density at radius 2 is 0.625 bits per heavy atom. The second-order valence-corrected chi connectivity index (χ2v) is 11.5. The van der Waals surface area contributed by atoms with Gasteiger partial charge in [0.1, 0.15) is 0 Å². The molecular weight excluding hydrogens is 585 g/mol. The number of hydrogen-bond donors (Lipinski definition) is 0. The van der Waals surface area contributed by atoms with Gasteiger partial charge in [-0.05, 0) is 68.8 Å². The molecule has 8 rings (SSSR count). The van der Waals surface area contributed by atoms with Crippen LogP contribution in [0.3, 0.4) is 0 Å². The summed E-state index contributed by atoms with van der Waals surface area (Å²) in [5.74, 6) is 1.86. The van der Waals surface area contributed by atoms with Crippen LogP contribution in [0.5, 0.6) is 0 Å². The van der Waals surface area contributed by atoms with E-state index in [1.165, 1.54) is 38.9 Å². The van der Waals surface area contributed by atoms with E-state index in [4.69, 9.17) is 15.0 Å². The van der Waals surface area contributed by atoms with Crippen molar-refractivity contribution in [3.05, 3.63) is 182 Å². The third-order valence-electron chi connectivity index (χ3n) is 8.45. The van der Waals surface area contributed by atoms with Gasteiger partial charge in [-0.2, -0.15) is 0 Å². The molecule has 2 heterocycles. The molecule has 0 saturated carbocycles. The standard InChI is InChI=1S/C44H30N4/c1-5-13-31(14-6-1)38-29-39(32-15-7-2-8-16-32)41(40(30-38)33-17-9-3-10-18-33)34-21-23-36(24-22-34)43-46-42(35-19-11-4-12-20-35)47-44(48-43)37-25-27-45-28-26-37/h1-30H. The predicted octanol–water partition coefficient (Wildman–Crippen LogP) is 10.9. The fourth-order valence-electron chi connectivity index (χ4n) is 6.08. The van der Waals surface area contributed by atoms with Crippen molar-refractivity contribution in [2.75, 3.05) is 0 Å². The van der Waals surface area contributed by atoms with Crippen LogP contribution in [0.1, 0.15) is 0 Å². The number of aromatic nitrogens is 4. The van der Waals surface area contributed by atoms with Crippen LogP contribution in [0.2, 0.25) is 0 Å². The normalized spacial score (nSPS) is 10.9. The number of rotatable bonds is 7. The molecule has 0 aliphatic rings. The lowest BCUT2D eigenvalue weighted by Gasteiger charge is -2.19. The van der Waals surface area contributed by atoms with E-state index in [1.807, 2.05) is 42.5 Å². The summed E-state index contributed by atoms with van der Waals surface area (Å²) in [5, 5.41) is 0. The van der Waals surface area contributed by atoms with Gasteiger partial charge < -0.3 is 0 Å². The topological polar surface area (TPSA) is 51.6 Å². The van der Waals surface area contributed by atoms with Crippen molar-refractivity contribution in [2.45, 2.75) is 0 Å². The maximum atomic E-state index is 4.94. The Kier molecular flexibility index (Phi) is 7.87. The lowest BCUT2D eigenvalue weighted by molar-refractivity contribution is 1.07. The molecule has 0 aliphatic heterocycles. The molecule has 4 nitrogen and oxygen atoms in total. The number of nitrogens with zero attached hydrogens (tertiary/aromatic N) is 4. The summed E-state index contributed by atoms with van der Waals surface area (Å²) >= 11 is 0. The third-order valence-corrected chi connectivity index (χ3v) is 8.45. The van der Waals surface area contributed by atoms with Gasteiger partial charge in [-0.1, -0.05) is 146 Å². The van der Waals surface area contributed by atoms with Crippen molar-refractivity contribution in [1.29, 1.82) is 0 Å². The summed E-state index contributed by atoms with van der Waals surface area (Å²) in [6.45, 7) is 0. The molecular formula is C44H30N4. The Labute approximate surface area is 280 Å². The number of benzene rings is 6. The molecule has 4 heteroatoms. The van der Waals surface area contributed by atoms with Crippen molar-refractivity contribution in [3.63, 3.8) is 0 Å². The predicted molar refractivity (Wildman–Crippen MR) is 196 cm³/mol. The largest absolute Gasteiger partial charge is 0.265 e. The van der Waals surface area contributed by atoms with E-state index in [0.717, 1.165) is 22.3 Å². The van der Waals surface area contributed by atoms with E-state index in [0.29, 0.717) is 17.5 Å². The van der Waals surface area contributed by atoms with Crippen LogP contribution < -0.4 is 0 Å². The molecule has 226 valence electrons. The zero-order valence-electron chi connectivity index (χ0n) is 26.1.